The fourth-order valence-electron chi connectivity index (χ4n) is 2.89. The number of carbonyl (C=O) groups excluding carboxylic acids is 1. The van der Waals surface area contributed by atoms with Crippen molar-refractivity contribution in [2.24, 2.45) is 0 Å². The number of rotatable bonds is 4. The second-order valence-electron chi connectivity index (χ2n) is 6.75. The predicted molar refractivity (Wildman–Crippen MR) is 112 cm³/mol. The maximum absolute atomic E-state index is 12.5. The monoisotopic (exact) mass is 390 g/mol. The van der Waals surface area contributed by atoms with Crippen LogP contribution in [0.3, 0.4) is 0 Å². The van der Waals surface area contributed by atoms with Gasteiger partial charge < -0.3 is 4.42 Å². The quantitative estimate of drug-likeness (QED) is 0.481. The molecule has 2 aromatic heterocycles. The summed E-state index contributed by atoms with van der Waals surface area (Å²) in [5, 5.41) is 5.69. The van der Waals surface area contributed by atoms with Crippen molar-refractivity contribution in [3.8, 4) is 11.3 Å². The van der Waals surface area contributed by atoms with Crippen LogP contribution >= 0.6 is 11.3 Å². The van der Waals surface area contributed by atoms with E-state index in [1.54, 1.807) is 18.2 Å². The molecule has 0 atom stereocenters. The van der Waals surface area contributed by atoms with Gasteiger partial charge in [0.05, 0.1) is 5.69 Å². The first-order valence-corrected chi connectivity index (χ1v) is 9.79. The van der Waals surface area contributed by atoms with Crippen molar-refractivity contribution in [2.45, 2.75) is 19.8 Å². The van der Waals surface area contributed by atoms with E-state index < -0.39 is 11.5 Å². The lowest BCUT2D eigenvalue weighted by Crippen LogP contribution is -2.20. The van der Waals surface area contributed by atoms with E-state index in [4.69, 9.17) is 4.42 Å². The van der Waals surface area contributed by atoms with Crippen LogP contribution in [-0.2, 0) is 0 Å². The molecule has 1 N–H and O–H groups in total. The third kappa shape index (κ3) is 3.59. The summed E-state index contributed by atoms with van der Waals surface area (Å²) in [6, 6.07) is 16.8. The maximum atomic E-state index is 12.5. The summed E-state index contributed by atoms with van der Waals surface area (Å²) in [5.41, 5.74) is 2.75. The van der Waals surface area contributed by atoms with E-state index in [0.29, 0.717) is 22.0 Å². The number of carbonyl (C=O) groups is 1. The minimum atomic E-state index is -0.669. The van der Waals surface area contributed by atoms with Gasteiger partial charge in [-0.3, -0.25) is 10.1 Å². The van der Waals surface area contributed by atoms with Gasteiger partial charge in [-0.25, -0.2) is 9.78 Å². The standard InChI is InChI=1S/C22H18N2O3S/c1-13(2)14-7-9-15(10-8-14)18-12-28-22(23-18)24-20(25)17-11-16-5-3-4-6-19(16)27-21(17)26/h3-13H,1-2H3,(H,23,24,25). The average Bonchev–Trinajstić information content (AvgIpc) is 3.16. The van der Waals surface area contributed by atoms with E-state index in [9.17, 15) is 9.59 Å². The number of amides is 1. The molecule has 28 heavy (non-hydrogen) atoms. The average molecular weight is 390 g/mol. The van der Waals surface area contributed by atoms with E-state index in [0.717, 1.165) is 11.3 Å². The third-order valence-corrected chi connectivity index (χ3v) is 5.24. The molecule has 4 rings (SSSR count). The molecule has 0 bridgehead atoms. The van der Waals surface area contributed by atoms with Crippen molar-refractivity contribution in [1.82, 2.24) is 4.98 Å². The summed E-state index contributed by atoms with van der Waals surface area (Å²) >= 11 is 1.31. The lowest BCUT2D eigenvalue weighted by atomic mass is 10.0. The largest absolute Gasteiger partial charge is 0.422 e. The predicted octanol–water partition coefficient (Wildman–Crippen LogP) is 5.29. The highest BCUT2D eigenvalue weighted by Gasteiger charge is 2.16. The Morgan fingerprint density at radius 1 is 1.11 bits per heavy atom. The molecule has 6 heteroatoms. The summed E-state index contributed by atoms with van der Waals surface area (Å²) in [6.45, 7) is 4.30. The van der Waals surface area contributed by atoms with Crippen molar-refractivity contribution in [3.63, 3.8) is 0 Å². The Labute approximate surface area is 165 Å². The van der Waals surface area contributed by atoms with Gasteiger partial charge in [-0.2, -0.15) is 0 Å². The highest BCUT2D eigenvalue weighted by Crippen LogP contribution is 2.26. The number of anilines is 1. The Balaban J connectivity index is 1.56. The normalized spacial score (nSPS) is 11.1. The molecule has 0 radical (unpaired) electrons. The van der Waals surface area contributed by atoms with Gasteiger partial charge >= 0.3 is 5.63 Å². The van der Waals surface area contributed by atoms with E-state index >= 15 is 0 Å². The van der Waals surface area contributed by atoms with Crippen molar-refractivity contribution >= 4 is 33.3 Å². The number of nitrogens with zero attached hydrogens (tertiary/aromatic N) is 1. The number of aromatic nitrogens is 1. The van der Waals surface area contributed by atoms with E-state index in [1.165, 1.54) is 23.0 Å². The number of nitrogens with one attached hydrogen (secondary N) is 1. The molecule has 0 unspecified atom stereocenters. The van der Waals surface area contributed by atoms with E-state index in [1.807, 2.05) is 23.6 Å². The number of hydrogen-bond acceptors (Lipinski definition) is 5. The van der Waals surface area contributed by atoms with Crippen LogP contribution in [0.25, 0.3) is 22.2 Å². The van der Waals surface area contributed by atoms with Crippen LogP contribution in [-0.4, -0.2) is 10.9 Å². The van der Waals surface area contributed by atoms with Gasteiger partial charge in [0.1, 0.15) is 11.1 Å². The van der Waals surface area contributed by atoms with Gasteiger partial charge in [0.15, 0.2) is 5.13 Å². The highest BCUT2D eigenvalue weighted by molar-refractivity contribution is 7.14. The number of thiazole rings is 1. The van der Waals surface area contributed by atoms with E-state index in [-0.39, 0.29) is 5.56 Å². The second kappa shape index (κ2) is 7.40. The van der Waals surface area contributed by atoms with Gasteiger partial charge in [0.2, 0.25) is 0 Å². The Morgan fingerprint density at radius 3 is 2.61 bits per heavy atom. The molecule has 2 aromatic carbocycles. The van der Waals surface area contributed by atoms with E-state index in [2.05, 4.69) is 36.3 Å². The zero-order chi connectivity index (χ0) is 19.7. The topological polar surface area (TPSA) is 72.2 Å². The Bertz CT molecular complexity index is 1210. The molecule has 5 nitrogen and oxygen atoms in total. The minimum Gasteiger partial charge on any atom is -0.422 e. The Morgan fingerprint density at radius 2 is 1.86 bits per heavy atom. The maximum Gasteiger partial charge on any atom is 0.349 e. The third-order valence-electron chi connectivity index (χ3n) is 4.48. The lowest BCUT2D eigenvalue weighted by molar-refractivity contribution is 0.102. The van der Waals surface area contributed by atoms with Crippen LogP contribution in [0.1, 0.15) is 35.7 Å². The van der Waals surface area contributed by atoms with Crippen molar-refractivity contribution in [2.75, 3.05) is 5.32 Å². The number of fused-ring (bicyclic) bond motifs is 1. The zero-order valence-electron chi connectivity index (χ0n) is 15.4. The molecule has 0 spiro atoms. The molecule has 2 heterocycles. The molecular formula is C22H18N2O3S. The molecular weight excluding hydrogens is 372 g/mol. The second-order valence-corrected chi connectivity index (χ2v) is 7.61. The first-order chi connectivity index (χ1) is 13.5. The summed E-state index contributed by atoms with van der Waals surface area (Å²) in [5.74, 6) is -0.0662. The van der Waals surface area contributed by atoms with Crippen molar-refractivity contribution < 1.29 is 9.21 Å². The number of hydrogen-bond donors (Lipinski definition) is 1. The van der Waals surface area contributed by atoms with Gasteiger partial charge in [-0.1, -0.05) is 56.3 Å². The van der Waals surface area contributed by atoms with Gasteiger partial charge in [0.25, 0.3) is 5.91 Å². The fourth-order valence-corrected chi connectivity index (χ4v) is 3.60. The first-order valence-electron chi connectivity index (χ1n) is 8.91. The van der Waals surface area contributed by atoms with Gasteiger partial charge in [0, 0.05) is 16.3 Å². The highest BCUT2D eigenvalue weighted by atomic mass is 32.1. The molecule has 0 aliphatic rings. The first kappa shape index (κ1) is 18.1. The molecule has 0 saturated carbocycles. The van der Waals surface area contributed by atoms with Crippen LogP contribution in [0.5, 0.6) is 0 Å². The minimum absolute atomic E-state index is 0.0447. The smallest absolute Gasteiger partial charge is 0.349 e. The molecule has 4 aromatic rings. The van der Waals surface area contributed by atoms with Crippen molar-refractivity contribution in [1.29, 1.82) is 0 Å². The zero-order valence-corrected chi connectivity index (χ0v) is 16.2. The molecule has 0 fully saturated rings. The van der Waals surface area contributed by atoms with Gasteiger partial charge in [-0.05, 0) is 23.6 Å². The summed E-state index contributed by atoms with van der Waals surface area (Å²) in [7, 11) is 0. The fraction of sp³-hybridized carbons (Fsp3) is 0.136. The Hall–Kier alpha value is -3.25. The number of benzene rings is 2. The summed E-state index contributed by atoms with van der Waals surface area (Å²) in [6.07, 6.45) is 0. The molecule has 0 saturated heterocycles. The van der Waals surface area contributed by atoms with Gasteiger partial charge in [-0.15, -0.1) is 11.3 Å². The summed E-state index contributed by atoms with van der Waals surface area (Å²) < 4.78 is 5.22. The van der Waals surface area contributed by atoms with Crippen molar-refractivity contribution in [3.05, 3.63) is 81.5 Å². The molecule has 0 aliphatic carbocycles. The SMILES string of the molecule is CC(C)c1ccc(-c2csc(NC(=O)c3cc4ccccc4oc3=O)n2)cc1. The molecule has 140 valence electrons. The molecule has 1 amide bonds. The van der Waals surface area contributed by atoms with Crippen LogP contribution < -0.4 is 10.9 Å². The van der Waals surface area contributed by atoms with Crippen LogP contribution in [0, 0.1) is 0 Å². The Kier molecular flexibility index (Phi) is 4.79. The number of para-hydroxylation sites is 1. The lowest BCUT2D eigenvalue weighted by Gasteiger charge is -2.05. The van der Waals surface area contributed by atoms with Crippen LogP contribution in [0.2, 0.25) is 0 Å². The molecule has 0 aliphatic heterocycles. The summed E-state index contributed by atoms with van der Waals surface area (Å²) in [4.78, 5) is 29.1. The van der Waals surface area contributed by atoms with Crippen LogP contribution in [0.4, 0.5) is 5.13 Å². The van der Waals surface area contributed by atoms with Crippen LogP contribution in [0.15, 0.2) is 69.2 Å².